The molecule has 1 aromatic rings. The normalized spacial score (nSPS) is 22.8. The van der Waals surface area contributed by atoms with Gasteiger partial charge in [0.25, 0.3) is 0 Å². The molecule has 3 N–H and O–H groups in total. The minimum absolute atomic E-state index is 0.0914. The maximum atomic E-state index is 13.4. The minimum Gasteiger partial charge on any atom is -0.358 e. The summed E-state index contributed by atoms with van der Waals surface area (Å²) in [4.78, 5) is 14.0. The Morgan fingerprint density at radius 2 is 2.26 bits per heavy atom. The summed E-state index contributed by atoms with van der Waals surface area (Å²) in [6.07, 6.45) is 0. The number of nitrogens with two attached hydrogens (primary N) is 1. The van der Waals surface area contributed by atoms with E-state index in [1.165, 1.54) is 12.1 Å². The van der Waals surface area contributed by atoms with Crippen LogP contribution in [0.3, 0.4) is 0 Å². The highest BCUT2D eigenvalue weighted by molar-refractivity contribution is 5.86. The van der Waals surface area contributed by atoms with Crippen LogP contribution in [-0.2, 0) is 4.79 Å². The Hall–Kier alpha value is -1.62. The van der Waals surface area contributed by atoms with E-state index in [9.17, 15) is 9.18 Å². The molecular weight excluding hydrogens is 245 g/mol. The third-order valence-electron chi connectivity index (χ3n) is 3.38. The summed E-state index contributed by atoms with van der Waals surface area (Å²) in [6, 6.07) is 5.83. The first-order valence-electron chi connectivity index (χ1n) is 6.43. The molecule has 0 radical (unpaired) electrons. The molecule has 4 nitrogen and oxygen atoms in total. The number of carbonyl (C=O) groups is 1. The fourth-order valence-corrected chi connectivity index (χ4v) is 2.37. The fourth-order valence-electron chi connectivity index (χ4n) is 2.37. The summed E-state index contributed by atoms with van der Waals surface area (Å²) in [6.45, 7) is 5.58. The second-order valence-electron chi connectivity index (χ2n) is 5.74. The molecule has 1 fully saturated rings. The van der Waals surface area contributed by atoms with E-state index in [2.05, 4.69) is 19.2 Å². The summed E-state index contributed by atoms with van der Waals surface area (Å²) in [7, 11) is 0. The Balaban J connectivity index is 2.39. The second-order valence-corrected chi connectivity index (χ2v) is 5.74. The number of nitrogens with zero attached hydrogens (tertiary/aromatic N) is 1. The number of benzene rings is 1. The first-order valence-corrected chi connectivity index (χ1v) is 6.43. The van der Waals surface area contributed by atoms with Crippen LogP contribution in [0, 0.1) is 11.2 Å². The third kappa shape index (κ3) is 3.04. The molecule has 1 aliphatic rings. The first kappa shape index (κ1) is 13.8. The highest BCUT2D eigenvalue weighted by atomic mass is 19.1. The van der Waals surface area contributed by atoms with Gasteiger partial charge in [-0.2, -0.15) is 0 Å². The number of anilines is 1. The van der Waals surface area contributed by atoms with Crippen LogP contribution in [-0.4, -0.2) is 31.6 Å². The Morgan fingerprint density at radius 1 is 1.53 bits per heavy atom. The van der Waals surface area contributed by atoms with Crippen LogP contribution in [0.1, 0.15) is 13.8 Å². The van der Waals surface area contributed by atoms with Gasteiger partial charge < -0.3 is 16.0 Å². The molecule has 0 aromatic heterocycles. The van der Waals surface area contributed by atoms with Gasteiger partial charge in [-0.1, -0.05) is 19.9 Å². The standard InChI is InChI=1S/C14H20FN3O/c1-14(2)8-17-13(19)12(7-16)18(9-14)11-5-3-4-10(15)6-11/h3-6,12H,7-9,16H2,1-2H3,(H,17,19). The smallest absolute Gasteiger partial charge is 0.244 e. The van der Waals surface area contributed by atoms with Crippen LogP contribution in [0.15, 0.2) is 24.3 Å². The van der Waals surface area contributed by atoms with E-state index in [4.69, 9.17) is 5.73 Å². The Bertz CT molecular complexity index is 476. The van der Waals surface area contributed by atoms with Crippen molar-refractivity contribution in [1.82, 2.24) is 5.32 Å². The summed E-state index contributed by atoms with van der Waals surface area (Å²) >= 11 is 0. The molecule has 0 bridgehead atoms. The van der Waals surface area contributed by atoms with Crippen LogP contribution in [0.5, 0.6) is 0 Å². The highest BCUT2D eigenvalue weighted by Gasteiger charge is 2.34. The van der Waals surface area contributed by atoms with Crippen LogP contribution >= 0.6 is 0 Å². The molecule has 0 spiro atoms. The quantitative estimate of drug-likeness (QED) is 0.842. The molecule has 104 valence electrons. The Labute approximate surface area is 112 Å². The van der Waals surface area contributed by atoms with Crippen LogP contribution < -0.4 is 16.0 Å². The van der Waals surface area contributed by atoms with Crippen molar-refractivity contribution in [3.8, 4) is 0 Å². The zero-order valence-electron chi connectivity index (χ0n) is 11.3. The lowest BCUT2D eigenvalue weighted by molar-refractivity contribution is -0.122. The molecule has 2 rings (SSSR count). The van der Waals surface area contributed by atoms with Crippen molar-refractivity contribution in [1.29, 1.82) is 0 Å². The average molecular weight is 265 g/mol. The number of amides is 1. The van der Waals surface area contributed by atoms with Gasteiger partial charge in [-0.15, -0.1) is 0 Å². The number of halogens is 1. The number of carbonyl (C=O) groups excluding carboxylic acids is 1. The molecule has 1 saturated heterocycles. The third-order valence-corrected chi connectivity index (χ3v) is 3.38. The molecule has 1 atom stereocenters. The molecule has 0 aliphatic carbocycles. The van der Waals surface area contributed by atoms with Gasteiger partial charge in [0.15, 0.2) is 0 Å². The summed E-state index contributed by atoms with van der Waals surface area (Å²) in [5, 5.41) is 2.90. The van der Waals surface area contributed by atoms with E-state index in [1.54, 1.807) is 12.1 Å². The maximum absolute atomic E-state index is 13.4. The number of hydrogen-bond acceptors (Lipinski definition) is 3. The molecule has 1 amide bonds. The van der Waals surface area contributed by atoms with Crippen molar-refractivity contribution in [3.05, 3.63) is 30.1 Å². The number of rotatable bonds is 2. The molecular formula is C14H20FN3O. The lowest BCUT2D eigenvalue weighted by Gasteiger charge is -2.34. The van der Waals surface area contributed by atoms with Gasteiger partial charge in [0, 0.05) is 25.3 Å². The SMILES string of the molecule is CC1(C)CNC(=O)C(CN)N(c2cccc(F)c2)C1. The van der Waals surface area contributed by atoms with Crippen molar-refractivity contribution in [2.24, 2.45) is 11.1 Å². The average Bonchev–Trinajstić information content (AvgIpc) is 2.47. The van der Waals surface area contributed by atoms with Crippen molar-refractivity contribution >= 4 is 11.6 Å². The van der Waals surface area contributed by atoms with Gasteiger partial charge in [-0.3, -0.25) is 4.79 Å². The van der Waals surface area contributed by atoms with Gasteiger partial charge in [-0.25, -0.2) is 4.39 Å². The number of nitrogens with one attached hydrogen (secondary N) is 1. The van der Waals surface area contributed by atoms with E-state index in [-0.39, 0.29) is 23.7 Å². The van der Waals surface area contributed by atoms with Crippen molar-refractivity contribution in [2.45, 2.75) is 19.9 Å². The highest BCUT2D eigenvalue weighted by Crippen LogP contribution is 2.26. The molecule has 0 saturated carbocycles. The minimum atomic E-state index is -0.455. The molecule has 1 aromatic carbocycles. The molecule has 1 aliphatic heterocycles. The van der Waals surface area contributed by atoms with Crippen LogP contribution in [0.2, 0.25) is 0 Å². The van der Waals surface area contributed by atoms with Gasteiger partial charge in [0.05, 0.1) is 0 Å². The largest absolute Gasteiger partial charge is 0.358 e. The maximum Gasteiger partial charge on any atom is 0.244 e. The van der Waals surface area contributed by atoms with E-state index in [1.807, 2.05) is 4.90 Å². The van der Waals surface area contributed by atoms with E-state index >= 15 is 0 Å². The lowest BCUT2D eigenvalue weighted by Crippen LogP contribution is -2.49. The summed E-state index contributed by atoms with van der Waals surface area (Å²) in [5.74, 6) is -0.409. The second kappa shape index (κ2) is 5.17. The van der Waals surface area contributed by atoms with E-state index in [0.29, 0.717) is 18.8 Å². The van der Waals surface area contributed by atoms with Crippen LogP contribution in [0.25, 0.3) is 0 Å². The monoisotopic (exact) mass is 265 g/mol. The summed E-state index contributed by atoms with van der Waals surface area (Å²) in [5.41, 5.74) is 6.32. The van der Waals surface area contributed by atoms with E-state index < -0.39 is 6.04 Å². The first-order chi connectivity index (χ1) is 8.93. The lowest BCUT2D eigenvalue weighted by atomic mass is 9.93. The molecule has 1 heterocycles. The van der Waals surface area contributed by atoms with Crippen molar-refractivity contribution in [2.75, 3.05) is 24.5 Å². The molecule has 1 unspecified atom stereocenters. The Kier molecular flexibility index (Phi) is 3.75. The summed E-state index contributed by atoms with van der Waals surface area (Å²) < 4.78 is 13.4. The predicted octanol–water partition coefficient (Wildman–Crippen LogP) is 1.12. The number of hydrogen-bond donors (Lipinski definition) is 2. The fraction of sp³-hybridized carbons (Fsp3) is 0.500. The van der Waals surface area contributed by atoms with Gasteiger partial charge in [0.1, 0.15) is 11.9 Å². The van der Waals surface area contributed by atoms with Gasteiger partial charge >= 0.3 is 0 Å². The Morgan fingerprint density at radius 3 is 2.89 bits per heavy atom. The zero-order valence-corrected chi connectivity index (χ0v) is 11.3. The van der Waals surface area contributed by atoms with Crippen molar-refractivity contribution in [3.63, 3.8) is 0 Å². The van der Waals surface area contributed by atoms with Crippen molar-refractivity contribution < 1.29 is 9.18 Å². The van der Waals surface area contributed by atoms with Gasteiger partial charge in [0.2, 0.25) is 5.91 Å². The predicted molar refractivity (Wildman–Crippen MR) is 73.4 cm³/mol. The molecule has 19 heavy (non-hydrogen) atoms. The topological polar surface area (TPSA) is 58.4 Å². The van der Waals surface area contributed by atoms with Crippen LogP contribution in [0.4, 0.5) is 10.1 Å². The molecule has 5 heteroatoms. The van der Waals surface area contributed by atoms with Gasteiger partial charge in [-0.05, 0) is 23.6 Å². The van der Waals surface area contributed by atoms with E-state index in [0.717, 1.165) is 0 Å². The zero-order chi connectivity index (χ0) is 14.0.